The minimum atomic E-state index is -5.64. The molecule has 242 valence electrons. The van der Waals surface area contributed by atoms with Gasteiger partial charge in [0.2, 0.25) is 0 Å². The summed E-state index contributed by atoms with van der Waals surface area (Å²) in [6, 6.07) is 0. The van der Waals surface area contributed by atoms with Crippen LogP contribution in [0.1, 0.15) is 68.2 Å². The summed E-state index contributed by atoms with van der Waals surface area (Å²) in [4.78, 5) is 76.4. The minimum absolute atomic E-state index is 0.0216. The fourth-order valence-corrected chi connectivity index (χ4v) is 17.4. The van der Waals surface area contributed by atoms with Crippen LogP contribution >= 0.6 is 0 Å². The molecule has 14 heteroatoms. The summed E-state index contributed by atoms with van der Waals surface area (Å²) in [5, 5.41) is 0. The normalized spacial score (nSPS) is 12.3. The third-order valence-electron chi connectivity index (χ3n) is 5.74. The van der Waals surface area contributed by atoms with E-state index in [0.29, 0.717) is 0 Å². The molecule has 0 saturated carbocycles. The van der Waals surface area contributed by atoms with Crippen LogP contribution in [0.2, 0.25) is 7.87 Å². The molecule has 0 saturated heterocycles. The summed E-state index contributed by atoms with van der Waals surface area (Å²) < 4.78 is 32.0. The Labute approximate surface area is 269 Å². The van der Waals surface area contributed by atoms with Crippen molar-refractivity contribution in [2.24, 2.45) is 0 Å². The van der Waals surface area contributed by atoms with Crippen molar-refractivity contribution in [3.63, 3.8) is 0 Å². The quantitative estimate of drug-likeness (QED) is 0.141. The molecule has 44 heavy (non-hydrogen) atoms. The average molecular weight is 832 g/mol. The Bertz CT molecular complexity index is 1060. The topological polar surface area (TPSA) is 158 Å². The molecular formula is C30H42O12Sn2. The van der Waals surface area contributed by atoms with Gasteiger partial charge in [-0.1, -0.05) is 0 Å². The molecule has 2 atom stereocenters. The maximum atomic E-state index is 12.7. The molecule has 0 radical (unpaired) electrons. The zero-order valence-electron chi connectivity index (χ0n) is 26.7. The molecule has 12 nitrogen and oxygen atoms in total. The summed E-state index contributed by atoms with van der Waals surface area (Å²) >= 11 is -11.3. The third kappa shape index (κ3) is 12.1. The van der Waals surface area contributed by atoms with Crippen molar-refractivity contribution in [3.8, 4) is 0 Å². The van der Waals surface area contributed by atoms with E-state index in [9.17, 15) is 28.8 Å². The second kappa shape index (κ2) is 17.4. The standard InChI is InChI=1S/C6H12.6C4H6O2.2Sn/c1-3-5-6-4-2;6*1-3(2)4(5)6;;/h3-4H,5-6H2,1-2H3;6*1H2,2H3,(H,5,6);;/q;;;;;;;2*+3/p-6. The Morgan fingerprint density at radius 2 is 0.545 bits per heavy atom. The van der Waals surface area contributed by atoms with Gasteiger partial charge in [-0.25, -0.2) is 0 Å². The van der Waals surface area contributed by atoms with Gasteiger partial charge in [0.1, 0.15) is 0 Å². The van der Waals surface area contributed by atoms with Gasteiger partial charge >= 0.3 is 271 Å². The first-order valence-corrected chi connectivity index (χ1v) is 23.6. The van der Waals surface area contributed by atoms with E-state index in [0.717, 1.165) is 0 Å². The van der Waals surface area contributed by atoms with E-state index < -0.39 is 82.9 Å². The summed E-state index contributed by atoms with van der Waals surface area (Å²) in [6.45, 7) is 32.5. The van der Waals surface area contributed by atoms with Gasteiger partial charge in [-0.15, -0.1) is 0 Å². The van der Waals surface area contributed by atoms with E-state index in [1.165, 1.54) is 55.4 Å². The van der Waals surface area contributed by atoms with Crippen LogP contribution in [-0.2, 0) is 47.2 Å². The molecule has 0 amide bonds. The van der Waals surface area contributed by atoms with E-state index in [-0.39, 0.29) is 46.3 Å². The first-order valence-electron chi connectivity index (χ1n) is 13.3. The van der Waals surface area contributed by atoms with Gasteiger partial charge in [-0.2, -0.15) is 0 Å². The number of rotatable bonds is 17. The molecule has 0 aromatic rings. The molecule has 0 aliphatic heterocycles. The monoisotopic (exact) mass is 834 g/mol. The van der Waals surface area contributed by atoms with Gasteiger partial charge in [0.25, 0.3) is 0 Å². The molecule has 0 aromatic heterocycles. The van der Waals surface area contributed by atoms with Gasteiger partial charge in [-0.3, -0.25) is 0 Å². The summed E-state index contributed by atoms with van der Waals surface area (Å²) in [5.74, 6) is -5.75. The predicted octanol–water partition coefficient (Wildman–Crippen LogP) is 5.14. The number of hydrogen-bond acceptors (Lipinski definition) is 12. The number of carbonyl (C=O) groups is 6. The fraction of sp³-hybridized carbons (Fsp3) is 0.400. The number of carbonyl (C=O) groups excluding carboxylic acids is 6. The molecule has 0 bridgehead atoms. The van der Waals surface area contributed by atoms with Crippen molar-refractivity contribution in [2.45, 2.75) is 76.1 Å². The van der Waals surface area contributed by atoms with Crippen LogP contribution in [-0.4, -0.2) is 75.1 Å². The van der Waals surface area contributed by atoms with E-state index in [4.69, 9.17) is 18.4 Å². The molecule has 0 aromatic carbocycles. The molecule has 0 heterocycles. The summed E-state index contributed by atoms with van der Waals surface area (Å²) in [6.07, 6.45) is -0.0433. The van der Waals surface area contributed by atoms with Crippen LogP contribution in [0.15, 0.2) is 72.9 Å². The zero-order valence-corrected chi connectivity index (χ0v) is 32.4. The Balaban J connectivity index is 6.98. The second-order valence-electron chi connectivity index (χ2n) is 10.6. The molecular weight excluding hydrogens is 790 g/mol. The molecule has 0 aliphatic rings. The van der Waals surface area contributed by atoms with Crippen molar-refractivity contribution in [1.82, 2.24) is 0 Å². The van der Waals surface area contributed by atoms with Crippen LogP contribution in [0.4, 0.5) is 0 Å². The van der Waals surface area contributed by atoms with Crippen molar-refractivity contribution < 1.29 is 47.2 Å². The molecule has 0 aliphatic carbocycles. The zero-order chi connectivity index (χ0) is 34.7. The predicted molar refractivity (Wildman–Crippen MR) is 165 cm³/mol. The molecule has 0 spiro atoms. The Morgan fingerprint density at radius 1 is 0.409 bits per heavy atom. The molecule has 0 fully saturated rings. The van der Waals surface area contributed by atoms with Crippen LogP contribution in [0.5, 0.6) is 0 Å². The van der Waals surface area contributed by atoms with Gasteiger partial charge in [0.05, 0.1) is 0 Å². The first-order chi connectivity index (χ1) is 20.0. The number of hydrogen-bond donors (Lipinski definition) is 0. The van der Waals surface area contributed by atoms with Gasteiger partial charge in [0, 0.05) is 0 Å². The van der Waals surface area contributed by atoms with Crippen molar-refractivity contribution in [3.05, 3.63) is 72.9 Å². The Kier molecular flexibility index (Phi) is 16.1. The van der Waals surface area contributed by atoms with Crippen molar-refractivity contribution in [2.75, 3.05) is 0 Å². The maximum absolute atomic E-state index is 12.7. The van der Waals surface area contributed by atoms with Crippen LogP contribution in [0.25, 0.3) is 0 Å². The fourth-order valence-electron chi connectivity index (χ4n) is 2.88. The van der Waals surface area contributed by atoms with Crippen molar-refractivity contribution >= 4 is 75.1 Å². The van der Waals surface area contributed by atoms with Gasteiger partial charge in [0.15, 0.2) is 0 Å². The second-order valence-corrected chi connectivity index (χ2v) is 26.6. The Hall–Kier alpha value is -3.14. The summed E-state index contributed by atoms with van der Waals surface area (Å²) in [7, 11) is 0. The summed E-state index contributed by atoms with van der Waals surface area (Å²) in [5.41, 5.74) is -0.307. The van der Waals surface area contributed by atoms with E-state index in [2.05, 4.69) is 39.5 Å². The van der Waals surface area contributed by atoms with E-state index >= 15 is 0 Å². The average Bonchev–Trinajstić information content (AvgIpc) is 2.90. The molecule has 0 rings (SSSR count). The van der Waals surface area contributed by atoms with Crippen LogP contribution in [0, 0.1) is 0 Å². The van der Waals surface area contributed by atoms with Gasteiger partial charge < -0.3 is 0 Å². The Morgan fingerprint density at radius 3 is 0.659 bits per heavy atom. The SMILES string of the molecule is C=C(C)C(=O)[O][Sn]([O]C(=O)C(=C)C)([O]C(=O)C(=C)C)[CH](C)CC[CH](C)[Sn]([O]C(=O)C(=C)C)([O]C(=O)C(=C)C)[O]C(=O)C(=C)C. The first kappa shape index (κ1) is 40.9. The van der Waals surface area contributed by atoms with E-state index in [1.807, 2.05) is 0 Å². The van der Waals surface area contributed by atoms with Crippen LogP contribution < -0.4 is 0 Å². The van der Waals surface area contributed by atoms with Crippen molar-refractivity contribution in [1.29, 1.82) is 0 Å². The third-order valence-corrected chi connectivity index (χ3v) is 22.3. The van der Waals surface area contributed by atoms with Gasteiger partial charge in [-0.05, 0) is 0 Å². The van der Waals surface area contributed by atoms with Crippen LogP contribution in [0.3, 0.4) is 0 Å². The molecule has 0 N–H and O–H groups in total. The van der Waals surface area contributed by atoms with E-state index in [1.54, 1.807) is 0 Å². The molecule has 2 unspecified atom stereocenters.